The Morgan fingerprint density at radius 2 is 1.55 bits per heavy atom. The summed E-state index contributed by atoms with van der Waals surface area (Å²) in [5.41, 5.74) is 2.84. The van der Waals surface area contributed by atoms with E-state index in [1.807, 2.05) is 30.3 Å². The topological polar surface area (TPSA) is 46.6 Å². The van der Waals surface area contributed by atoms with Crippen molar-refractivity contribution in [3.63, 3.8) is 0 Å². The minimum absolute atomic E-state index is 0.130. The highest BCUT2D eigenvalue weighted by Crippen LogP contribution is 2.20. The van der Waals surface area contributed by atoms with Crippen LogP contribution in [0.1, 0.15) is 40.1 Å². The zero-order valence-electron chi connectivity index (χ0n) is 17.0. The summed E-state index contributed by atoms with van der Waals surface area (Å²) in [4.78, 5) is 26.8. The van der Waals surface area contributed by atoms with E-state index < -0.39 is 5.97 Å². The SMILES string of the molecule is CC(C)Cc1ccc(C(=O)N(C)c2cccc(C(=O)Oc3ccccc3)c2)cc1. The fraction of sp³-hybridized carbons (Fsp3) is 0.200. The summed E-state index contributed by atoms with van der Waals surface area (Å²) in [5, 5.41) is 0. The van der Waals surface area contributed by atoms with Gasteiger partial charge in [0.05, 0.1) is 5.56 Å². The third kappa shape index (κ3) is 5.32. The van der Waals surface area contributed by atoms with Crippen molar-refractivity contribution in [1.29, 1.82) is 0 Å². The van der Waals surface area contributed by atoms with E-state index in [1.54, 1.807) is 55.6 Å². The predicted molar refractivity (Wildman–Crippen MR) is 116 cm³/mol. The molecule has 148 valence electrons. The van der Waals surface area contributed by atoms with E-state index in [9.17, 15) is 9.59 Å². The first-order chi connectivity index (χ1) is 13.9. The molecule has 4 nitrogen and oxygen atoms in total. The lowest BCUT2D eigenvalue weighted by atomic mass is 10.0. The van der Waals surface area contributed by atoms with Crippen LogP contribution in [0, 0.1) is 5.92 Å². The Morgan fingerprint density at radius 3 is 2.21 bits per heavy atom. The maximum Gasteiger partial charge on any atom is 0.343 e. The molecule has 0 aliphatic rings. The van der Waals surface area contributed by atoms with E-state index in [2.05, 4.69) is 13.8 Å². The second-order valence-electron chi connectivity index (χ2n) is 7.41. The molecule has 0 unspecified atom stereocenters. The van der Waals surface area contributed by atoms with Crippen molar-refractivity contribution in [1.82, 2.24) is 0 Å². The van der Waals surface area contributed by atoms with Crippen LogP contribution >= 0.6 is 0 Å². The first kappa shape index (κ1) is 20.3. The number of hydrogen-bond donors (Lipinski definition) is 0. The molecule has 0 radical (unpaired) electrons. The van der Waals surface area contributed by atoms with E-state index in [1.165, 1.54) is 10.5 Å². The van der Waals surface area contributed by atoms with E-state index in [-0.39, 0.29) is 5.91 Å². The van der Waals surface area contributed by atoms with Crippen LogP contribution in [-0.2, 0) is 6.42 Å². The smallest absolute Gasteiger partial charge is 0.343 e. The molecule has 1 amide bonds. The van der Waals surface area contributed by atoms with Crippen LogP contribution in [0.25, 0.3) is 0 Å². The van der Waals surface area contributed by atoms with Crippen molar-refractivity contribution in [3.05, 3.63) is 95.6 Å². The summed E-state index contributed by atoms with van der Waals surface area (Å²) in [6.07, 6.45) is 0.982. The lowest BCUT2D eigenvalue weighted by molar-refractivity contribution is 0.0734. The van der Waals surface area contributed by atoms with E-state index in [0.29, 0.717) is 28.5 Å². The van der Waals surface area contributed by atoms with Gasteiger partial charge in [-0.3, -0.25) is 4.79 Å². The van der Waals surface area contributed by atoms with Gasteiger partial charge in [-0.1, -0.05) is 50.2 Å². The molecule has 0 saturated heterocycles. The average Bonchev–Trinajstić information content (AvgIpc) is 2.73. The highest BCUT2D eigenvalue weighted by atomic mass is 16.5. The van der Waals surface area contributed by atoms with Gasteiger partial charge in [-0.2, -0.15) is 0 Å². The van der Waals surface area contributed by atoms with Crippen molar-refractivity contribution in [2.75, 3.05) is 11.9 Å². The van der Waals surface area contributed by atoms with Crippen LogP contribution in [0.4, 0.5) is 5.69 Å². The van der Waals surface area contributed by atoms with Gasteiger partial charge >= 0.3 is 5.97 Å². The van der Waals surface area contributed by atoms with E-state index >= 15 is 0 Å². The molecule has 0 atom stereocenters. The normalized spacial score (nSPS) is 10.6. The number of hydrogen-bond acceptors (Lipinski definition) is 3. The Bertz CT molecular complexity index is 978. The zero-order chi connectivity index (χ0) is 20.8. The Hall–Kier alpha value is -3.40. The molecule has 0 aliphatic carbocycles. The van der Waals surface area contributed by atoms with Crippen molar-refractivity contribution in [3.8, 4) is 5.75 Å². The third-order valence-electron chi connectivity index (χ3n) is 4.57. The molecule has 0 aliphatic heterocycles. The first-order valence-electron chi connectivity index (χ1n) is 9.68. The molecule has 0 fully saturated rings. The first-order valence-corrected chi connectivity index (χ1v) is 9.68. The molecule has 0 spiro atoms. The molecule has 0 bridgehead atoms. The monoisotopic (exact) mass is 387 g/mol. The van der Waals surface area contributed by atoms with Gasteiger partial charge in [-0.15, -0.1) is 0 Å². The molecule has 29 heavy (non-hydrogen) atoms. The Morgan fingerprint density at radius 1 is 0.862 bits per heavy atom. The van der Waals surface area contributed by atoms with E-state index in [0.717, 1.165) is 6.42 Å². The quantitative estimate of drug-likeness (QED) is 0.421. The number of esters is 1. The van der Waals surface area contributed by atoms with Gasteiger partial charge in [0.25, 0.3) is 5.91 Å². The Kier molecular flexibility index (Phi) is 6.45. The highest BCUT2D eigenvalue weighted by molar-refractivity contribution is 6.06. The maximum atomic E-state index is 12.9. The Balaban J connectivity index is 1.73. The average molecular weight is 387 g/mol. The van der Waals surface area contributed by atoms with Gasteiger partial charge in [-0.25, -0.2) is 4.79 Å². The number of carbonyl (C=O) groups excluding carboxylic acids is 2. The summed E-state index contributed by atoms with van der Waals surface area (Å²) < 4.78 is 5.38. The molecule has 3 rings (SSSR count). The minimum atomic E-state index is -0.461. The number of rotatable bonds is 6. The molecule has 0 heterocycles. The summed E-state index contributed by atoms with van der Waals surface area (Å²) in [5.74, 6) is 0.457. The number of nitrogens with zero attached hydrogens (tertiary/aromatic N) is 1. The predicted octanol–water partition coefficient (Wildman–Crippen LogP) is 5.38. The highest BCUT2D eigenvalue weighted by Gasteiger charge is 2.16. The fourth-order valence-electron chi connectivity index (χ4n) is 3.06. The second kappa shape index (κ2) is 9.20. The van der Waals surface area contributed by atoms with Crippen molar-refractivity contribution in [2.45, 2.75) is 20.3 Å². The van der Waals surface area contributed by atoms with Crippen LogP contribution in [0.2, 0.25) is 0 Å². The maximum absolute atomic E-state index is 12.9. The molecule has 3 aromatic rings. The van der Waals surface area contributed by atoms with Crippen molar-refractivity contribution >= 4 is 17.6 Å². The van der Waals surface area contributed by atoms with Crippen LogP contribution in [0.5, 0.6) is 5.75 Å². The lowest BCUT2D eigenvalue weighted by Crippen LogP contribution is -2.26. The van der Waals surface area contributed by atoms with Gasteiger partial charge in [0, 0.05) is 18.3 Å². The number of para-hydroxylation sites is 1. The van der Waals surface area contributed by atoms with Gasteiger partial charge in [0.1, 0.15) is 5.75 Å². The second-order valence-corrected chi connectivity index (χ2v) is 7.41. The minimum Gasteiger partial charge on any atom is -0.423 e. The lowest BCUT2D eigenvalue weighted by Gasteiger charge is -2.18. The van der Waals surface area contributed by atoms with Crippen LogP contribution in [0.15, 0.2) is 78.9 Å². The summed E-state index contributed by atoms with van der Waals surface area (Å²) in [7, 11) is 1.70. The summed E-state index contributed by atoms with van der Waals surface area (Å²) in [6.45, 7) is 4.34. The van der Waals surface area contributed by atoms with Gasteiger partial charge in [-0.05, 0) is 60.4 Å². The fourth-order valence-corrected chi connectivity index (χ4v) is 3.06. The van der Waals surface area contributed by atoms with Gasteiger partial charge < -0.3 is 9.64 Å². The van der Waals surface area contributed by atoms with Crippen LogP contribution in [0.3, 0.4) is 0 Å². The number of ether oxygens (including phenoxy) is 1. The summed E-state index contributed by atoms with van der Waals surface area (Å²) in [6, 6.07) is 23.5. The molecule has 0 N–H and O–H groups in total. The summed E-state index contributed by atoms with van der Waals surface area (Å²) >= 11 is 0. The molecular weight excluding hydrogens is 362 g/mol. The van der Waals surface area contributed by atoms with Crippen molar-refractivity contribution < 1.29 is 14.3 Å². The molecular formula is C25H25NO3. The molecule has 4 heteroatoms. The molecule has 0 aromatic heterocycles. The van der Waals surface area contributed by atoms with E-state index in [4.69, 9.17) is 4.74 Å². The third-order valence-corrected chi connectivity index (χ3v) is 4.57. The van der Waals surface area contributed by atoms with Crippen LogP contribution in [-0.4, -0.2) is 18.9 Å². The van der Waals surface area contributed by atoms with Gasteiger partial charge in [0.2, 0.25) is 0 Å². The zero-order valence-corrected chi connectivity index (χ0v) is 17.0. The number of benzene rings is 3. The molecule has 0 saturated carbocycles. The number of anilines is 1. The standard InChI is InChI=1S/C25H25NO3/c1-18(2)16-19-12-14-20(15-13-19)24(27)26(3)22-9-7-8-21(17-22)25(28)29-23-10-5-4-6-11-23/h4-15,17-18H,16H2,1-3H3. The Labute approximate surface area is 171 Å². The largest absolute Gasteiger partial charge is 0.423 e. The van der Waals surface area contributed by atoms with Gasteiger partial charge in [0.15, 0.2) is 0 Å². The van der Waals surface area contributed by atoms with Crippen molar-refractivity contribution in [2.24, 2.45) is 5.92 Å². The van der Waals surface area contributed by atoms with Crippen LogP contribution < -0.4 is 9.64 Å². The number of carbonyl (C=O) groups is 2. The molecule has 3 aromatic carbocycles. The number of amides is 1.